The highest BCUT2D eigenvalue weighted by atomic mass is 79.9. The zero-order valence-electron chi connectivity index (χ0n) is 11.4. The molecule has 0 amide bonds. The second kappa shape index (κ2) is 7.06. The van der Waals surface area contributed by atoms with Crippen molar-refractivity contribution in [2.45, 2.75) is 38.5 Å². The Balaban J connectivity index is 2.17. The Hall–Kier alpha value is -0.860. The van der Waals surface area contributed by atoms with Crippen LogP contribution in [0, 0.1) is 0 Å². The van der Waals surface area contributed by atoms with Crippen LogP contribution in [-0.2, 0) is 0 Å². The Kier molecular flexibility index (Phi) is 5.41. The molecule has 2 aromatic rings. The van der Waals surface area contributed by atoms with E-state index in [1.54, 1.807) is 0 Å². The minimum atomic E-state index is 0.315. The van der Waals surface area contributed by atoms with Crippen LogP contribution in [0.1, 0.15) is 44.1 Å². The maximum atomic E-state index is 8.82. The number of unbranched alkanes of at least 4 members (excludes halogenated alkanes) is 2. The van der Waals surface area contributed by atoms with Gasteiger partial charge in [-0.25, -0.2) is 0 Å². The normalized spacial score (nSPS) is 12.8. The summed E-state index contributed by atoms with van der Waals surface area (Å²) >= 11 is 3.63. The molecular weight excluding hydrogens is 300 g/mol. The molecule has 0 heterocycles. The molecule has 0 spiro atoms. The summed E-state index contributed by atoms with van der Waals surface area (Å²) in [4.78, 5) is 0. The highest BCUT2D eigenvalue weighted by molar-refractivity contribution is 9.10. The summed E-state index contributed by atoms with van der Waals surface area (Å²) < 4.78 is 1.17. The second-order valence-electron chi connectivity index (χ2n) is 5.16. The summed E-state index contributed by atoms with van der Waals surface area (Å²) in [6, 6.07) is 13.0. The molecule has 2 heteroatoms. The molecule has 1 nitrogen and oxygen atoms in total. The summed E-state index contributed by atoms with van der Waals surface area (Å²) in [7, 11) is 0. The molecule has 0 radical (unpaired) electrons. The number of hydrogen-bond acceptors (Lipinski definition) is 1. The number of hydrogen-bond donors (Lipinski definition) is 1. The van der Waals surface area contributed by atoms with Crippen LogP contribution in [0.2, 0.25) is 0 Å². The van der Waals surface area contributed by atoms with Crippen molar-refractivity contribution >= 4 is 26.7 Å². The summed E-state index contributed by atoms with van der Waals surface area (Å²) in [5.74, 6) is 0.566. The predicted molar refractivity (Wildman–Crippen MR) is 85.6 cm³/mol. The number of aliphatic hydroxyl groups excluding tert-OH is 1. The van der Waals surface area contributed by atoms with Crippen LogP contribution in [0.25, 0.3) is 10.8 Å². The molecule has 0 aliphatic heterocycles. The van der Waals surface area contributed by atoms with Crippen molar-refractivity contribution in [1.29, 1.82) is 0 Å². The lowest BCUT2D eigenvalue weighted by atomic mass is 9.91. The van der Waals surface area contributed by atoms with Gasteiger partial charge in [-0.2, -0.15) is 0 Å². The van der Waals surface area contributed by atoms with Gasteiger partial charge in [0.15, 0.2) is 0 Å². The maximum absolute atomic E-state index is 8.82. The van der Waals surface area contributed by atoms with E-state index in [9.17, 15) is 0 Å². The van der Waals surface area contributed by atoms with Crippen molar-refractivity contribution < 1.29 is 5.11 Å². The molecule has 0 bridgehead atoms. The minimum Gasteiger partial charge on any atom is -0.396 e. The average molecular weight is 321 g/mol. The molecule has 0 aliphatic carbocycles. The van der Waals surface area contributed by atoms with Gasteiger partial charge >= 0.3 is 0 Å². The van der Waals surface area contributed by atoms with E-state index in [0.717, 1.165) is 12.8 Å². The molecule has 1 unspecified atom stereocenters. The first kappa shape index (κ1) is 14.5. The van der Waals surface area contributed by atoms with Gasteiger partial charge in [-0.05, 0) is 41.2 Å². The Morgan fingerprint density at radius 2 is 1.74 bits per heavy atom. The van der Waals surface area contributed by atoms with Crippen LogP contribution in [0.4, 0.5) is 0 Å². The molecule has 102 valence electrons. The molecule has 0 saturated carbocycles. The number of fused-ring (bicyclic) bond motifs is 1. The highest BCUT2D eigenvalue weighted by Gasteiger charge is 2.10. The third kappa shape index (κ3) is 3.58. The SMILES string of the molecule is CC(CCCCCO)c1cccc2c(Br)cccc12. The molecule has 19 heavy (non-hydrogen) atoms. The molecule has 2 aromatic carbocycles. The van der Waals surface area contributed by atoms with Gasteiger partial charge in [-0.15, -0.1) is 0 Å². The lowest BCUT2D eigenvalue weighted by Crippen LogP contribution is -1.96. The lowest BCUT2D eigenvalue weighted by molar-refractivity contribution is 0.282. The summed E-state index contributed by atoms with van der Waals surface area (Å²) in [6.07, 6.45) is 4.42. The molecule has 0 fully saturated rings. The van der Waals surface area contributed by atoms with Gasteiger partial charge in [0.05, 0.1) is 0 Å². The van der Waals surface area contributed by atoms with E-state index < -0.39 is 0 Å². The average Bonchev–Trinajstić information content (AvgIpc) is 2.43. The van der Waals surface area contributed by atoms with E-state index in [1.165, 1.54) is 33.7 Å². The van der Waals surface area contributed by atoms with E-state index >= 15 is 0 Å². The Labute approximate surface area is 123 Å². The molecular formula is C17H21BrO. The molecule has 0 aliphatic rings. The summed E-state index contributed by atoms with van der Waals surface area (Å²) in [5, 5.41) is 11.5. The van der Waals surface area contributed by atoms with Crippen LogP contribution in [0.15, 0.2) is 40.9 Å². The maximum Gasteiger partial charge on any atom is 0.0431 e. The van der Waals surface area contributed by atoms with Crippen molar-refractivity contribution in [2.24, 2.45) is 0 Å². The molecule has 0 aromatic heterocycles. The minimum absolute atomic E-state index is 0.315. The second-order valence-corrected chi connectivity index (χ2v) is 6.01. The zero-order chi connectivity index (χ0) is 13.7. The number of benzene rings is 2. The monoisotopic (exact) mass is 320 g/mol. The first-order chi connectivity index (χ1) is 9.24. The third-order valence-corrected chi connectivity index (χ3v) is 4.42. The van der Waals surface area contributed by atoms with Crippen LogP contribution in [-0.4, -0.2) is 11.7 Å². The molecule has 0 saturated heterocycles. The van der Waals surface area contributed by atoms with Gasteiger partial charge in [-0.3, -0.25) is 0 Å². The highest BCUT2D eigenvalue weighted by Crippen LogP contribution is 2.32. The van der Waals surface area contributed by atoms with E-state index in [4.69, 9.17) is 5.11 Å². The quantitative estimate of drug-likeness (QED) is 0.720. The Morgan fingerprint density at radius 1 is 1.00 bits per heavy atom. The first-order valence-corrected chi connectivity index (χ1v) is 7.81. The number of aliphatic hydroxyl groups is 1. The fraction of sp³-hybridized carbons (Fsp3) is 0.412. The first-order valence-electron chi connectivity index (χ1n) is 7.02. The molecule has 1 N–H and O–H groups in total. The van der Waals surface area contributed by atoms with E-state index in [1.807, 2.05) is 0 Å². The Bertz CT molecular complexity index is 536. The number of rotatable bonds is 6. The topological polar surface area (TPSA) is 20.2 Å². The fourth-order valence-corrected chi connectivity index (χ4v) is 3.12. The summed E-state index contributed by atoms with van der Waals surface area (Å²) in [5.41, 5.74) is 1.43. The number of halogens is 1. The van der Waals surface area contributed by atoms with E-state index in [-0.39, 0.29) is 0 Å². The van der Waals surface area contributed by atoms with Crippen LogP contribution >= 0.6 is 15.9 Å². The largest absolute Gasteiger partial charge is 0.396 e. The van der Waals surface area contributed by atoms with Gasteiger partial charge in [0.1, 0.15) is 0 Å². The van der Waals surface area contributed by atoms with Crippen LogP contribution in [0.5, 0.6) is 0 Å². The fourth-order valence-electron chi connectivity index (χ4n) is 2.62. The standard InChI is InChI=1S/C17H21BrO/c1-13(7-3-2-4-12-19)14-8-5-10-16-15(14)9-6-11-17(16)18/h5-6,8-11,13,19H,2-4,7,12H2,1H3. The van der Waals surface area contributed by atoms with Crippen molar-refractivity contribution in [1.82, 2.24) is 0 Å². The third-order valence-electron chi connectivity index (χ3n) is 3.73. The van der Waals surface area contributed by atoms with Gasteiger partial charge in [0, 0.05) is 11.1 Å². The van der Waals surface area contributed by atoms with Gasteiger partial charge in [0.25, 0.3) is 0 Å². The van der Waals surface area contributed by atoms with Crippen molar-refractivity contribution in [3.63, 3.8) is 0 Å². The molecule has 2 rings (SSSR count). The van der Waals surface area contributed by atoms with Gasteiger partial charge in [0.2, 0.25) is 0 Å². The summed E-state index contributed by atoms with van der Waals surface area (Å²) in [6.45, 7) is 2.62. The smallest absolute Gasteiger partial charge is 0.0431 e. The van der Waals surface area contributed by atoms with Gasteiger partial charge < -0.3 is 5.11 Å². The van der Waals surface area contributed by atoms with Crippen LogP contribution < -0.4 is 0 Å². The van der Waals surface area contributed by atoms with Gasteiger partial charge in [-0.1, -0.05) is 66.0 Å². The lowest BCUT2D eigenvalue weighted by Gasteiger charge is -2.15. The van der Waals surface area contributed by atoms with Crippen LogP contribution in [0.3, 0.4) is 0 Å². The van der Waals surface area contributed by atoms with Crippen molar-refractivity contribution in [3.8, 4) is 0 Å². The van der Waals surface area contributed by atoms with E-state index in [2.05, 4.69) is 59.3 Å². The van der Waals surface area contributed by atoms with E-state index in [0.29, 0.717) is 12.5 Å². The predicted octanol–water partition coefficient (Wildman–Crippen LogP) is 5.26. The molecule has 1 atom stereocenters. The van der Waals surface area contributed by atoms with Crippen molar-refractivity contribution in [3.05, 3.63) is 46.4 Å². The zero-order valence-corrected chi connectivity index (χ0v) is 13.0. The van der Waals surface area contributed by atoms with Crippen molar-refractivity contribution in [2.75, 3.05) is 6.61 Å². The Morgan fingerprint density at radius 3 is 2.53 bits per heavy atom.